The van der Waals surface area contributed by atoms with E-state index in [4.69, 9.17) is 11.6 Å². The van der Waals surface area contributed by atoms with Gasteiger partial charge >= 0.3 is 0 Å². The lowest BCUT2D eigenvalue weighted by atomic mass is 10.2. The van der Waals surface area contributed by atoms with E-state index in [1.165, 1.54) is 22.2 Å². The molecule has 17 heavy (non-hydrogen) atoms. The molecule has 0 radical (unpaired) electrons. The maximum Gasteiger partial charge on any atom is 0.262 e. The number of sulfonamides is 1. The van der Waals surface area contributed by atoms with E-state index in [1.807, 2.05) is 0 Å². The second kappa shape index (κ2) is 4.56. The number of aromatic nitrogens is 2. The van der Waals surface area contributed by atoms with E-state index >= 15 is 0 Å². The molecule has 0 aliphatic carbocycles. The second-order valence-electron chi connectivity index (χ2n) is 4.02. The Kier molecular flexibility index (Phi) is 3.44. The fourth-order valence-corrected chi connectivity index (χ4v) is 4.40. The molecule has 0 unspecified atom stereocenters. The summed E-state index contributed by atoms with van der Waals surface area (Å²) in [6, 6.07) is -0.356. The average Bonchev–Trinajstić information content (AvgIpc) is 2.85. The zero-order valence-electron chi connectivity index (χ0n) is 9.37. The highest BCUT2D eigenvalue weighted by Gasteiger charge is 2.37. The minimum atomic E-state index is -3.68. The number of aliphatic hydroxyl groups excluding tert-OH is 1. The molecule has 0 bridgehead atoms. The summed E-state index contributed by atoms with van der Waals surface area (Å²) < 4.78 is 27.3. The lowest BCUT2D eigenvalue weighted by Gasteiger charge is -2.22. The molecule has 1 saturated heterocycles. The first-order valence-corrected chi connectivity index (χ1v) is 7.10. The molecule has 1 atom stereocenters. The third-order valence-corrected chi connectivity index (χ3v) is 5.39. The van der Waals surface area contributed by atoms with Crippen molar-refractivity contribution in [2.75, 3.05) is 13.2 Å². The van der Waals surface area contributed by atoms with E-state index in [-0.39, 0.29) is 22.7 Å². The van der Waals surface area contributed by atoms with E-state index in [2.05, 4.69) is 5.10 Å². The van der Waals surface area contributed by atoms with Crippen LogP contribution >= 0.6 is 11.6 Å². The molecule has 2 rings (SSSR count). The molecule has 1 aromatic rings. The van der Waals surface area contributed by atoms with E-state index in [0.717, 1.165) is 6.42 Å². The van der Waals surface area contributed by atoms with E-state index in [9.17, 15) is 13.5 Å². The normalized spacial score (nSPS) is 22.2. The van der Waals surface area contributed by atoms with Crippen LogP contribution in [-0.2, 0) is 17.1 Å². The number of rotatable bonds is 3. The molecule has 0 saturated carbocycles. The SMILES string of the molecule is Cn1ncc(Cl)c1S(=O)(=O)N1CCC[C@@H]1CO. The molecule has 0 amide bonds. The highest BCUT2D eigenvalue weighted by molar-refractivity contribution is 7.89. The maximum absolute atomic E-state index is 12.4. The Labute approximate surface area is 105 Å². The molecule has 1 aliphatic rings. The summed E-state index contributed by atoms with van der Waals surface area (Å²) in [5.74, 6) is 0. The minimum absolute atomic E-state index is 0.0143. The Balaban J connectivity index is 2.43. The third-order valence-electron chi connectivity index (χ3n) is 2.93. The van der Waals surface area contributed by atoms with Crippen LogP contribution in [0.1, 0.15) is 12.8 Å². The first-order valence-electron chi connectivity index (χ1n) is 5.28. The molecule has 0 spiro atoms. The summed E-state index contributed by atoms with van der Waals surface area (Å²) in [5, 5.41) is 13.1. The van der Waals surface area contributed by atoms with Gasteiger partial charge in [-0.05, 0) is 12.8 Å². The predicted molar refractivity (Wildman–Crippen MR) is 62.2 cm³/mol. The summed E-state index contributed by atoms with van der Waals surface area (Å²) in [6.07, 6.45) is 2.73. The lowest BCUT2D eigenvalue weighted by Crippen LogP contribution is -2.38. The molecule has 6 nitrogen and oxygen atoms in total. The largest absolute Gasteiger partial charge is 0.395 e. The fourth-order valence-electron chi connectivity index (χ4n) is 2.11. The highest BCUT2D eigenvalue weighted by atomic mass is 35.5. The van der Waals surface area contributed by atoms with E-state index in [0.29, 0.717) is 13.0 Å². The smallest absolute Gasteiger partial charge is 0.262 e. The van der Waals surface area contributed by atoms with Crippen molar-refractivity contribution in [1.82, 2.24) is 14.1 Å². The number of hydrogen-bond acceptors (Lipinski definition) is 4. The van der Waals surface area contributed by atoms with Crippen molar-refractivity contribution in [3.05, 3.63) is 11.2 Å². The number of nitrogens with zero attached hydrogens (tertiary/aromatic N) is 3. The van der Waals surface area contributed by atoms with Crippen LogP contribution in [0.2, 0.25) is 5.02 Å². The minimum Gasteiger partial charge on any atom is -0.395 e. The number of hydrogen-bond donors (Lipinski definition) is 1. The number of halogens is 1. The summed E-state index contributed by atoms with van der Waals surface area (Å²) in [5.41, 5.74) is 0. The zero-order valence-corrected chi connectivity index (χ0v) is 10.9. The summed E-state index contributed by atoms with van der Waals surface area (Å²) in [7, 11) is -2.15. The van der Waals surface area contributed by atoms with E-state index < -0.39 is 10.0 Å². The van der Waals surface area contributed by atoms with Crippen LogP contribution in [0.3, 0.4) is 0 Å². The van der Waals surface area contributed by atoms with Gasteiger partial charge in [0, 0.05) is 19.6 Å². The van der Waals surface area contributed by atoms with Crippen LogP contribution in [0.15, 0.2) is 11.2 Å². The molecule has 1 N–H and O–H groups in total. The van der Waals surface area contributed by atoms with Gasteiger partial charge in [0.2, 0.25) is 0 Å². The van der Waals surface area contributed by atoms with Crippen LogP contribution in [0, 0.1) is 0 Å². The molecular weight excluding hydrogens is 266 g/mol. The Morgan fingerprint density at radius 1 is 1.65 bits per heavy atom. The highest BCUT2D eigenvalue weighted by Crippen LogP contribution is 2.29. The third kappa shape index (κ3) is 2.08. The van der Waals surface area contributed by atoms with Crippen molar-refractivity contribution < 1.29 is 13.5 Å². The molecule has 1 aromatic heterocycles. The standard InChI is InChI=1S/C9H14ClN3O3S/c1-12-9(8(10)5-11-12)17(15,16)13-4-2-3-7(13)6-14/h5,7,14H,2-4,6H2,1H3/t7-/m1/s1. The molecule has 1 fully saturated rings. The molecule has 1 aliphatic heterocycles. The maximum atomic E-state index is 12.4. The second-order valence-corrected chi connectivity index (χ2v) is 6.23. The first kappa shape index (κ1) is 12.8. The van der Waals surface area contributed by atoms with Gasteiger partial charge in [0.15, 0.2) is 5.03 Å². The summed E-state index contributed by atoms with van der Waals surface area (Å²) in [6.45, 7) is 0.240. The van der Waals surface area contributed by atoms with Gasteiger partial charge in [-0.1, -0.05) is 11.6 Å². The van der Waals surface area contributed by atoms with Crippen molar-refractivity contribution in [2.24, 2.45) is 7.05 Å². The Morgan fingerprint density at radius 2 is 2.35 bits per heavy atom. The van der Waals surface area contributed by atoms with Crippen molar-refractivity contribution in [3.63, 3.8) is 0 Å². The quantitative estimate of drug-likeness (QED) is 0.859. The van der Waals surface area contributed by atoms with Crippen molar-refractivity contribution >= 4 is 21.6 Å². The summed E-state index contributed by atoms with van der Waals surface area (Å²) in [4.78, 5) is 0. The van der Waals surface area contributed by atoms with Crippen LogP contribution in [0.5, 0.6) is 0 Å². The van der Waals surface area contributed by atoms with Crippen molar-refractivity contribution in [1.29, 1.82) is 0 Å². The van der Waals surface area contributed by atoms with Crippen LogP contribution in [0.4, 0.5) is 0 Å². The van der Waals surface area contributed by atoms with Gasteiger partial charge in [-0.2, -0.15) is 9.40 Å². The average molecular weight is 280 g/mol. The van der Waals surface area contributed by atoms with Gasteiger partial charge in [-0.3, -0.25) is 4.68 Å². The lowest BCUT2D eigenvalue weighted by molar-refractivity contribution is 0.213. The van der Waals surface area contributed by atoms with Crippen molar-refractivity contribution in [3.8, 4) is 0 Å². The number of aryl methyl sites for hydroxylation is 1. The van der Waals surface area contributed by atoms with Gasteiger partial charge in [-0.25, -0.2) is 8.42 Å². The fraction of sp³-hybridized carbons (Fsp3) is 0.667. The monoisotopic (exact) mass is 279 g/mol. The summed E-state index contributed by atoms with van der Waals surface area (Å²) >= 11 is 5.85. The van der Waals surface area contributed by atoms with Gasteiger partial charge in [0.05, 0.1) is 17.8 Å². The Hall–Kier alpha value is -0.630. The number of aliphatic hydroxyl groups is 1. The zero-order chi connectivity index (χ0) is 12.6. The van der Waals surface area contributed by atoms with E-state index in [1.54, 1.807) is 0 Å². The topological polar surface area (TPSA) is 75.4 Å². The van der Waals surface area contributed by atoms with Gasteiger partial charge in [0.25, 0.3) is 10.0 Å². The van der Waals surface area contributed by atoms with Crippen molar-refractivity contribution in [2.45, 2.75) is 23.9 Å². The van der Waals surface area contributed by atoms with Crippen LogP contribution < -0.4 is 0 Å². The van der Waals surface area contributed by atoms with Gasteiger partial charge in [-0.15, -0.1) is 0 Å². The Morgan fingerprint density at radius 3 is 2.88 bits per heavy atom. The van der Waals surface area contributed by atoms with Gasteiger partial charge < -0.3 is 5.11 Å². The van der Waals surface area contributed by atoms with Crippen LogP contribution in [-0.4, -0.2) is 46.8 Å². The Bertz CT molecular complexity index is 494. The van der Waals surface area contributed by atoms with Gasteiger partial charge in [0.1, 0.15) is 0 Å². The molecule has 0 aromatic carbocycles. The molecule has 96 valence electrons. The molecular formula is C9H14ClN3O3S. The molecule has 8 heteroatoms. The predicted octanol–water partition coefficient (Wildman–Crippen LogP) is 0.219. The first-order chi connectivity index (χ1) is 7.98. The van der Waals surface area contributed by atoms with Crippen LogP contribution in [0.25, 0.3) is 0 Å². The molecule has 2 heterocycles.